The predicted octanol–water partition coefficient (Wildman–Crippen LogP) is 3.35. The quantitative estimate of drug-likeness (QED) is 0.606. The second-order valence-electron chi connectivity index (χ2n) is 2.27. The Labute approximate surface area is 88.3 Å². The van der Waals surface area contributed by atoms with Crippen molar-refractivity contribution in [3.63, 3.8) is 0 Å². The predicted molar refractivity (Wildman–Crippen MR) is 55.2 cm³/mol. The first-order valence-electron chi connectivity index (χ1n) is 3.36. The van der Waals surface area contributed by atoms with Crippen LogP contribution in [-0.4, -0.2) is 4.92 Å². The fourth-order valence-electron chi connectivity index (χ4n) is 0.778. The lowest BCUT2D eigenvalue weighted by atomic mass is 10.2. The van der Waals surface area contributed by atoms with Gasteiger partial charge in [0.1, 0.15) is 0 Å². The first-order chi connectivity index (χ1) is 6.09. The van der Waals surface area contributed by atoms with Crippen molar-refractivity contribution in [1.29, 1.82) is 0 Å². The van der Waals surface area contributed by atoms with E-state index in [0.29, 0.717) is 10.6 Å². The van der Waals surface area contributed by atoms with Crippen LogP contribution in [0.25, 0.3) is 6.08 Å². The van der Waals surface area contributed by atoms with Crippen LogP contribution < -0.4 is 0 Å². The fraction of sp³-hybridized carbons (Fsp3) is 0. The maximum atomic E-state index is 10.0. The molecular weight excluding hydrogens is 257 g/mol. The van der Waals surface area contributed by atoms with E-state index in [-0.39, 0.29) is 0 Å². The summed E-state index contributed by atoms with van der Waals surface area (Å²) in [6, 6.07) is 5.15. The Hall–Kier alpha value is -0.870. The van der Waals surface area contributed by atoms with Crippen molar-refractivity contribution in [2.24, 2.45) is 0 Å². The van der Waals surface area contributed by atoms with Gasteiger partial charge in [-0.05, 0) is 17.7 Å². The van der Waals surface area contributed by atoms with Gasteiger partial charge in [0.15, 0.2) is 0 Å². The zero-order valence-corrected chi connectivity index (χ0v) is 8.75. The molecule has 0 aromatic heterocycles. The average molecular weight is 262 g/mol. The summed E-state index contributed by atoms with van der Waals surface area (Å²) in [4.78, 5) is 9.49. The highest BCUT2D eigenvalue weighted by Crippen LogP contribution is 2.22. The molecule has 0 bridgehead atoms. The zero-order valence-electron chi connectivity index (χ0n) is 6.41. The van der Waals surface area contributed by atoms with Gasteiger partial charge in [-0.25, -0.2) is 0 Å². The minimum Gasteiger partial charge on any atom is -0.259 e. The summed E-state index contributed by atoms with van der Waals surface area (Å²) in [6.07, 6.45) is 2.21. The number of hydrogen-bond acceptors (Lipinski definition) is 2. The van der Waals surface area contributed by atoms with Crippen molar-refractivity contribution < 1.29 is 4.92 Å². The Morgan fingerprint density at radius 3 is 2.77 bits per heavy atom. The van der Waals surface area contributed by atoms with E-state index in [1.54, 1.807) is 18.2 Å². The van der Waals surface area contributed by atoms with Gasteiger partial charge in [0.25, 0.3) is 0 Å². The van der Waals surface area contributed by atoms with E-state index in [9.17, 15) is 10.1 Å². The maximum Gasteiger partial charge on any atom is 0.235 e. The average Bonchev–Trinajstić information content (AvgIpc) is 2.02. The van der Waals surface area contributed by atoms with Gasteiger partial charge < -0.3 is 0 Å². The molecule has 68 valence electrons. The lowest BCUT2D eigenvalue weighted by Gasteiger charge is -1.96. The van der Waals surface area contributed by atoms with Gasteiger partial charge in [0.05, 0.1) is 4.92 Å². The standard InChI is InChI=1S/C8H5BrClNO2/c9-7-2-1-6(8(10)5-7)3-4-11(12)13/h1-5H/b4-3+. The lowest BCUT2D eigenvalue weighted by Crippen LogP contribution is -1.83. The highest BCUT2D eigenvalue weighted by Gasteiger charge is 1.98. The summed E-state index contributed by atoms with van der Waals surface area (Å²) in [5.74, 6) is 0. The van der Waals surface area contributed by atoms with Crippen molar-refractivity contribution in [3.05, 3.63) is 49.6 Å². The second kappa shape index (κ2) is 4.39. The van der Waals surface area contributed by atoms with Crippen LogP contribution >= 0.6 is 27.5 Å². The molecule has 1 aromatic carbocycles. The van der Waals surface area contributed by atoms with Crippen molar-refractivity contribution in [3.8, 4) is 0 Å². The number of rotatable bonds is 2. The van der Waals surface area contributed by atoms with Crippen molar-refractivity contribution in [2.75, 3.05) is 0 Å². The zero-order chi connectivity index (χ0) is 9.84. The summed E-state index contributed by atoms with van der Waals surface area (Å²) in [6.45, 7) is 0. The van der Waals surface area contributed by atoms with E-state index < -0.39 is 4.92 Å². The third-order valence-corrected chi connectivity index (χ3v) is 2.16. The highest BCUT2D eigenvalue weighted by atomic mass is 79.9. The molecule has 0 N–H and O–H groups in total. The number of nitro groups is 1. The van der Waals surface area contributed by atoms with Crippen LogP contribution in [0.3, 0.4) is 0 Å². The van der Waals surface area contributed by atoms with Crippen LogP contribution in [0.1, 0.15) is 5.56 Å². The smallest absolute Gasteiger partial charge is 0.235 e. The molecule has 0 saturated heterocycles. The first kappa shape index (κ1) is 10.2. The largest absolute Gasteiger partial charge is 0.259 e. The molecule has 5 heteroatoms. The molecule has 0 atom stereocenters. The van der Waals surface area contributed by atoms with E-state index in [1.807, 2.05) is 0 Å². The van der Waals surface area contributed by atoms with Crippen LogP contribution in [0.5, 0.6) is 0 Å². The summed E-state index contributed by atoms with van der Waals surface area (Å²) in [5, 5.41) is 10.5. The number of benzene rings is 1. The fourth-order valence-corrected chi connectivity index (χ4v) is 1.51. The number of halogens is 2. The Kier molecular flexibility index (Phi) is 3.45. The normalized spacial score (nSPS) is 10.6. The molecule has 0 aliphatic carbocycles. The van der Waals surface area contributed by atoms with Crippen molar-refractivity contribution in [1.82, 2.24) is 0 Å². The van der Waals surface area contributed by atoms with E-state index >= 15 is 0 Å². The molecular formula is C8H5BrClNO2. The Morgan fingerprint density at radius 2 is 2.23 bits per heavy atom. The van der Waals surface area contributed by atoms with Gasteiger partial charge in [0, 0.05) is 15.6 Å². The lowest BCUT2D eigenvalue weighted by molar-refractivity contribution is -0.400. The molecule has 0 saturated carbocycles. The van der Waals surface area contributed by atoms with E-state index in [4.69, 9.17) is 11.6 Å². The first-order valence-corrected chi connectivity index (χ1v) is 4.53. The highest BCUT2D eigenvalue weighted by molar-refractivity contribution is 9.10. The SMILES string of the molecule is O=[N+]([O-])/C=C/c1ccc(Br)cc1Cl. The molecule has 0 aliphatic rings. The van der Waals surface area contributed by atoms with Gasteiger partial charge in [0.2, 0.25) is 6.20 Å². The Morgan fingerprint density at radius 1 is 1.54 bits per heavy atom. The molecule has 0 amide bonds. The van der Waals surface area contributed by atoms with Crippen LogP contribution in [0.15, 0.2) is 28.9 Å². The van der Waals surface area contributed by atoms with Crippen LogP contribution in [0.2, 0.25) is 5.02 Å². The van der Waals surface area contributed by atoms with Gasteiger partial charge in [-0.15, -0.1) is 0 Å². The van der Waals surface area contributed by atoms with Crippen LogP contribution in [-0.2, 0) is 0 Å². The van der Waals surface area contributed by atoms with Crippen molar-refractivity contribution >= 4 is 33.6 Å². The molecule has 1 aromatic rings. The Bertz CT molecular complexity index is 365. The van der Waals surface area contributed by atoms with E-state index in [1.165, 1.54) is 6.08 Å². The number of hydrogen-bond donors (Lipinski definition) is 0. The van der Waals surface area contributed by atoms with Gasteiger partial charge in [-0.3, -0.25) is 10.1 Å². The third-order valence-electron chi connectivity index (χ3n) is 1.34. The van der Waals surface area contributed by atoms with Crippen molar-refractivity contribution in [2.45, 2.75) is 0 Å². The molecule has 0 aliphatic heterocycles. The maximum absolute atomic E-state index is 10.0. The van der Waals surface area contributed by atoms with Gasteiger partial charge >= 0.3 is 0 Å². The van der Waals surface area contributed by atoms with Gasteiger partial charge in [-0.1, -0.05) is 33.6 Å². The minimum atomic E-state index is -0.529. The van der Waals surface area contributed by atoms with E-state index in [2.05, 4.69) is 15.9 Å². The molecule has 13 heavy (non-hydrogen) atoms. The number of nitrogens with zero attached hydrogens (tertiary/aromatic N) is 1. The summed E-state index contributed by atoms with van der Waals surface area (Å²) in [7, 11) is 0. The monoisotopic (exact) mass is 261 g/mol. The molecule has 1 rings (SSSR count). The van der Waals surface area contributed by atoms with E-state index in [0.717, 1.165) is 10.7 Å². The summed E-state index contributed by atoms with van der Waals surface area (Å²) < 4.78 is 0.843. The van der Waals surface area contributed by atoms with Crippen LogP contribution in [0, 0.1) is 10.1 Å². The molecule has 0 unspecified atom stereocenters. The topological polar surface area (TPSA) is 43.1 Å². The molecule has 0 fully saturated rings. The molecule has 0 radical (unpaired) electrons. The summed E-state index contributed by atoms with van der Waals surface area (Å²) in [5.41, 5.74) is 0.626. The molecule has 0 spiro atoms. The molecule has 0 heterocycles. The van der Waals surface area contributed by atoms with Gasteiger partial charge in [-0.2, -0.15) is 0 Å². The molecule has 3 nitrogen and oxygen atoms in total. The third kappa shape index (κ3) is 3.16. The summed E-state index contributed by atoms with van der Waals surface area (Å²) >= 11 is 9.04. The Balaban J connectivity index is 2.96. The second-order valence-corrected chi connectivity index (χ2v) is 3.59. The minimum absolute atomic E-state index is 0.479. The van der Waals surface area contributed by atoms with Crippen LogP contribution in [0.4, 0.5) is 0 Å².